The summed E-state index contributed by atoms with van der Waals surface area (Å²) < 4.78 is 53.4. The van der Waals surface area contributed by atoms with E-state index in [0.717, 1.165) is 46.1 Å². The number of halogens is 4. The molecular formula is C27H24F4N2O. The van der Waals surface area contributed by atoms with Crippen LogP contribution in [0.25, 0.3) is 10.9 Å². The number of carbonyl (C=O) groups is 1. The minimum Gasteiger partial charge on any atom is -0.361 e. The van der Waals surface area contributed by atoms with E-state index in [1.807, 2.05) is 25.1 Å². The predicted molar refractivity (Wildman–Crippen MR) is 124 cm³/mol. The van der Waals surface area contributed by atoms with Crippen molar-refractivity contribution in [1.29, 1.82) is 0 Å². The molecule has 2 N–H and O–H groups in total. The second-order valence-corrected chi connectivity index (χ2v) is 8.22. The molecule has 0 saturated carbocycles. The maximum Gasteiger partial charge on any atom is 0.416 e. The monoisotopic (exact) mass is 468 g/mol. The Morgan fingerprint density at radius 2 is 1.76 bits per heavy atom. The van der Waals surface area contributed by atoms with Crippen LogP contribution in [0.2, 0.25) is 0 Å². The average molecular weight is 468 g/mol. The fourth-order valence-corrected chi connectivity index (χ4v) is 4.22. The Labute approximate surface area is 194 Å². The summed E-state index contributed by atoms with van der Waals surface area (Å²) in [5.74, 6) is -1.27. The standard InChI is InChI=1S/C27H24F4N2O/c1-2-18-5-4-8-22-24(16-33-26(18)22)23(19-6-3-7-20(13-19)27(29,30)31)14-25(34)32-15-17-9-11-21(28)12-10-17/h3-13,16,23,33H,2,14-15H2,1H3,(H,32,34)/t23-/m0/s1. The van der Waals surface area contributed by atoms with E-state index in [4.69, 9.17) is 0 Å². The third-order valence-corrected chi connectivity index (χ3v) is 6.00. The number of hydrogen-bond acceptors (Lipinski definition) is 1. The summed E-state index contributed by atoms with van der Waals surface area (Å²) in [7, 11) is 0. The third-order valence-electron chi connectivity index (χ3n) is 6.00. The van der Waals surface area contributed by atoms with Crippen LogP contribution in [-0.4, -0.2) is 10.9 Å². The lowest BCUT2D eigenvalue weighted by molar-refractivity contribution is -0.137. The Morgan fingerprint density at radius 3 is 2.47 bits per heavy atom. The van der Waals surface area contributed by atoms with Crippen molar-refractivity contribution in [3.8, 4) is 0 Å². The van der Waals surface area contributed by atoms with Gasteiger partial charge in [-0.3, -0.25) is 4.79 Å². The van der Waals surface area contributed by atoms with Crippen molar-refractivity contribution in [3.63, 3.8) is 0 Å². The van der Waals surface area contributed by atoms with Gasteiger partial charge < -0.3 is 10.3 Å². The molecule has 34 heavy (non-hydrogen) atoms. The summed E-state index contributed by atoms with van der Waals surface area (Å²) in [5, 5.41) is 3.68. The second-order valence-electron chi connectivity index (χ2n) is 8.22. The van der Waals surface area contributed by atoms with Crippen LogP contribution in [0.1, 0.15) is 47.1 Å². The molecule has 0 unspecified atom stereocenters. The quantitative estimate of drug-likeness (QED) is 0.290. The Balaban J connectivity index is 1.68. The number of amides is 1. The van der Waals surface area contributed by atoms with Gasteiger partial charge in [-0.25, -0.2) is 4.39 Å². The number of aromatic amines is 1. The number of nitrogens with one attached hydrogen (secondary N) is 2. The lowest BCUT2D eigenvalue weighted by Crippen LogP contribution is -2.25. The predicted octanol–water partition coefficient (Wildman–Crippen LogP) is 6.73. The van der Waals surface area contributed by atoms with E-state index in [0.29, 0.717) is 5.56 Å². The normalized spacial score (nSPS) is 12.6. The zero-order chi connectivity index (χ0) is 24.3. The fourth-order valence-electron chi connectivity index (χ4n) is 4.22. The number of fused-ring (bicyclic) bond motifs is 1. The highest BCUT2D eigenvalue weighted by atomic mass is 19.4. The number of aromatic nitrogens is 1. The number of benzene rings is 3. The molecule has 3 aromatic carbocycles. The van der Waals surface area contributed by atoms with Crippen LogP contribution in [0.5, 0.6) is 0 Å². The van der Waals surface area contributed by atoms with Gasteiger partial charge >= 0.3 is 6.18 Å². The van der Waals surface area contributed by atoms with Gasteiger partial charge in [-0.15, -0.1) is 0 Å². The van der Waals surface area contributed by atoms with Crippen LogP contribution in [0.15, 0.2) is 72.9 Å². The van der Waals surface area contributed by atoms with E-state index in [-0.39, 0.29) is 24.7 Å². The Morgan fingerprint density at radius 1 is 1.03 bits per heavy atom. The van der Waals surface area contributed by atoms with E-state index in [2.05, 4.69) is 10.3 Å². The first-order valence-corrected chi connectivity index (χ1v) is 11.0. The summed E-state index contributed by atoms with van der Waals surface area (Å²) in [6.07, 6.45) is -1.95. The van der Waals surface area contributed by atoms with E-state index >= 15 is 0 Å². The topological polar surface area (TPSA) is 44.9 Å². The number of hydrogen-bond donors (Lipinski definition) is 2. The van der Waals surface area contributed by atoms with Gasteiger partial charge in [0.1, 0.15) is 5.82 Å². The van der Waals surface area contributed by atoms with Gasteiger partial charge in [0, 0.05) is 36.0 Å². The molecule has 176 valence electrons. The largest absolute Gasteiger partial charge is 0.416 e. The van der Waals surface area contributed by atoms with Gasteiger partial charge in [0.05, 0.1) is 5.56 Å². The molecule has 0 bridgehead atoms. The lowest BCUT2D eigenvalue weighted by Gasteiger charge is -2.19. The smallest absolute Gasteiger partial charge is 0.361 e. The molecule has 1 aromatic heterocycles. The number of aryl methyl sites for hydroxylation is 1. The molecule has 0 fully saturated rings. The van der Waals surface area contributed by atoms with Crippen molar-refractivity contribution < 1.29 is 22.4 Å². The van der Waals surface area contributed by atoms with Crippen LogP contribution in [-0.2, 0) is 23.9 Å². The van der Waals surface area contributed by atoms with Gasteiger partial charge in [0.15, 0.2) is 0 Å². The number of para-hydroxylation sites is 1. The summed E-state index contributed by atoms with van der Waals surface area (Å²) in [6.45, 7) is 2.23. The third kappa shape index (κ3) is 5.14. The van der Waals surface area contributed by atoms with Crippen LogP contribution >= 0.6 is 0 Å². The molecule has 0 saturated heterocycles. The van der Waals surface area contributed by atoms with Crippen molar-refractivity contribution in [3.05, 3.63) is 107 Å². The SMILES string of the molecule is CCc1cccc2c([C@@H](CC(=O)NCc3ccc(F)cc3)c3cccc(C(F)(F)F)c3)c[nH]c12. The molecule has 1 amide bonds. The average Bonchev–Trinajstić information content (AvgIpc) is 3.26. The summed E-state index contributed by atoms with van der Waals surface area (Å²) in [5.41, 5.74) is 3.16. The summed E-state index contributed by atoms with van der Waals surface area (Å²) in [4.78, 5) is 16.1. The number of carbonyl (C=O) groups excluding carboxylic acids is 1. The minimum atomic E-state index is -4.49. The second kappa shape index (κ2) is 9.71. The fraction of sp³-hybridized carbons (Fsp3) is 0.222. The van der Waals surface area contributed by atoms with Crippen LogP contribution < -0.4 is 5.32 Å². The van der Waals surface area contributed by atoms with E-state index in [1.165, 1.54) is 18.2 Å². The minimum absolute atomic E-state index is 0.0359. The van der Waals surface area contributed by atoms with Crippen LogP contribution in [0.3, 0.4) is 0 Å². The van der Waals surface area contributed by atoms with Gasteiger partial charge in [0.2, 0.25) is 5.91 Å². The summed E-state index contributed by atoms with van der Waals surface area (Å²) >= 11 is 0. The molecule has 0 radical (unpaired) electrons. The molecule has 0 aliphatic rings. The Kier molecular flexibility index (Phi) is 6.72. The van der Waals surface area contributed by atoms with E-state index in [9.17, 15) is 22.4 Å². The summed E-state index contributed by atoms with van der Waals surface area (Å²) in [6, 6.07) is 16.7. The highest BCUT2D eigenvalue weighted by molar-refractivity contribution is 5.88. The first-order valence-electron chi connectivity index (χ1n) is 11.0. The molecule has 1 atom stereocenters. The van der Waals surface area contributed by atoms with Crippen molar-refractivity contribution in [1.82, 2.24) is 10.3 Å². The molecule has 1 heterocycles. The Bertz CT molecular complexity index is 1290. The zero-order valence-electron chi connectivity index (χ0n) is 18.5. The maximum atomic E-state index is 13.4. The van der Waals surface area contributed by atoms with Gasteiger partial charge in [-0.05, 0) is 46.9 Å². The van der Waals surface area contributed by atoms with E-state index < -0.39 is 17.7 Å². The molecule has 0 aliphatic carbocycles. The molecule has 4 rings (SSSR count). The number of alkyl halides is 3. The van der Waals surface area contributed by atoms with Crippen molar-refractivity contribution in [2.75, 3.05) is 0 Å². The van der Waals surface area contributed by atoms with Gasteiger partial charge in [-0.1, -0.05) is 55.5 Å². The number of H-pyrrole nitrogens is 1. The van der Waals surface area contributed by atoms with Crippen LogP contribution in [0, 0.1) is 5.82 Å². The van der Waals surface area contributed by atoms with Crippen molar-refractivity contribution in [2.24, 2.45) is 0 Å². The number of rotatable bonds is 7. The highest BCUT2D eigenvalue weighted by Gasteiger charge is 2.32. The Hall–Kier alpha value is -3.61. The van der Waals surface area contributed by atoms with Gasteiger partial charge in [-0.2, -0.15) is 13.2 Å². The van der Waals surface area contributed by atoms with Crippen molar-refractivity contribution in [2.45, 2.75) is 38.4 Å². The van der Waals surface area contributed by atoms with Crippen LogP contribution in [0.4, 0.5) is 17.6 Å². The lowest BCUT2D eigenvalue weighted by atomic mass is 9.86. The molecule has 3 nitrogen and oxygen atoms in total. The van der Waals surface area contributed by atoms with E-state index in [1.54, 1.807) is 24.4 Å². The molecule has 4 aromatic rings. The molecule has 0 spiro atoms. The maximum absolute atomic E-state index is 13.4. The molecular weight excluding hydrogens is 444 g/mol. The zero-order valence-corrected chi connectivity index (χ0v) is 18.5. The highest BCUT2D eigenvalue weighted by Crippen LogP contribution is 2.37. The molecule has 7 heteroatoms. The van der Waals surface area contributed by atoms with Crippen molar-refractivity contribution >= 4 is 16.8 Å². The molecule has 0 aliphatic heterocycles. The first kappa shape index (κ1) is 23.5. The van der Waals surface area contributed by atoms with Gasteiger partial charge in [0.25, 0.3) is 0 Å². The first-order chi connectivity index (χ1) is 16.3.